The molecule has 0 unspecified atom stereocenters. The van der Waals surface area contributed by atoms with Gasteiger partial charge in [-0.2, -0.15) is 13.2 Å². The van der Waals surface area contributed by atoms with Crippen LogP contribution < -0.4 is 0 Å². The fraction of sp³-hybridized carbons (Fsp3) is 0.462. The number of rotatable bonds is 2. The van der Waals surface area contributed by atoms with Crippen molar-refractivity contribution in [1.29, 1.82) is 0 Å². The van der Waals surface area contributed by atoms with Gasteiger partial charge in [0, 0.05) is 9.11 Å². The fourth-order valence-corrected chi connectivity index (χ4v) is 1.43. The summed E-state index contributed by atoms with van der Waals surface area (Å²) in [5, 5.41) is 0. The molecule has 18 heavy (non-hydrogen) atoms. The van der Waals surface area contributed by atoms with Gasteiger partial charge in [-0.05, 0) is 24.6 Å². The molecule has 2 rings (SSSR count). The van der Waals surface area contributed by atoms with Crippen molar-refractivity contribution in [2.45, 2.75) is 33.3 Å². The van der Waals surface area contributed by atoms with E-state index in [1.165, 1.54) is 0 Å². The number of hydrogen-bond acceptors (Lipinski definition) is 2. The Hall–Kier alpha value is -1.52. The van der Waals surface area contributed by atoms with Crippen molar-refractivity contribution >= 4 is 11.1 Å². The molecule has 1 aromatic heterocycles. The van der Waals surface area contributed by atoms with E-state index >= 15 is 0 Å². The number of hydrogen-bond donors (Lipinski definition) is 0. The van der Waals surface area contributed by atoms with Crippen molar-refractivity contribution in [1.82, 2.24) is 4.98 Å². The smallest absolute Gasteiger partial charge is 0.394 e. The van der Waals surface area contributed by atoms with Gasteiger partial charge in [-0.3, -0.25) is 0 Å². The molecule has 0 aliphatic rings. The van der Waals surface area contributed by atoms with Crippen LogP contribution in [0.25, 0.3) is 11.1 Å². The number of aryl methyl sites for hydroxylation is 1. The number of aromatic nitrogens is 1. The number of nitrogens with zero attached hydrogens (tertiary/aromatic N) is 1. The third-order valence-corrected chi connectivity index (χ3v) is 2.67. The first-order chi connectivity index (χ1) is 8.97. The summed E-state index contributed by atoms with van der Waals surface area (Å²) in [6.45, 7) is 3.41. The van der Waals surface area contributed by atoms with E-state index in [1.54, 1.807) is 18.2 Å². The van der Waals surface area contributed by atoms with E-state index in [-0.39, 0.29) is 5.58 Å². The Morgan fingerprint density at radius 3 is 2.61 bits per heavy atom. The lowest BCUT2D eigenvalue weighted by Gasteiger charge is -2.25. The monoisotopic (exact) mass is 259 g/mol. The van der Waals surface area contributed by atoms with Crippen molar-refractivity contribution in [3.05, 3.63) is 29.7 Å². The van der Waals surface area contributed by atoms with Gasteiger partial charge in [0.2, 0.25) is 0 Å². The van der Waals surface area contributed by atoms with Gasteiger partial charge in [-0.25, -0.2) is 4.98 Å². The van der Waals surface area contributed by atoms with Crippen molar-refractivity contribution < 1.29 is 20.3 Å². The average Bonchev–Trinajstić information content (AvgIpc) is 2.70. The Bertz CT molecular complexity index is 647. The molecule has 0 fully saturated rings. The number of benzene rings is 1. The van der Waals surface area contributed by atoms with Crippen molar-refractivity contribution in [2.24, 2.45) is 5.41 Å². The maximum atomic E-state index is 13.0. The highest BCUT2D eigenvalue weighted by Crippen LogP contribution is 2.40. The van der Waals surface area contributed by atoms with Gasteiger partial charge in [0.25, 0.3) is 0 Å². The summed E-state index contributed by atoms with van der Waals surface area (Å²) in [5.41, 5.74) is -1.13. The molecule has 0 saturated carbocycles. The lowest BCUT2D eigenvalue weighted by Crippen LogP contribution is -2.34. The third kappa shape index (κ3) is 2.35. The SMILES string of the molecule is [2H]C([2H])(c1nc2cc(C)ccc2o1)C(C)(C)C(F)(F)F. The third-order valence-electron chi connectivity index (χ3n) is 2.67. The minimum absolute atomic E-state index is 0.271. The normalized spacial score (nSPS) is 15.7. The predicted molar refractivity (Wildman–Crippen MR) is 62.3 cm³/mol. The maximum Gasteiger partial charge on any atom is 0.394 e. The highest BCUT2D eigenvalue weighted by molar-refractivity contribution is 5.73. The first-order valence-electron chi connectivity index (χ1n) is 6.41. The topological polar surface area (TPSA) is 26.0 Å². The summed E-state index contributed by atoms with van der Waals surface area (Å²) in [4.78, 5) is 3.88. The van der Waals surface area contributed by atoms with Gasteiger partial charge in [0.1, 0.15) is 5.52 Å². The lowest BCUT2D eigenvalue weighted by atomic mass is 9.88. The van der Waals surface area contributed by atoms with Gasteiger partial charge in [0.05, 0.1) is 5.41 Å². The van der Waals surface area contributed by atoms with Crippen LogP contribution in [0.3, 0.4) is 0 Å². The van der Waals surface area contributed by atoms with Gasteiger partial charge in [0.15, 0.2) is 11.5 Å². The molecule has 0 radical (unpaired) electrons. The van der Waals surface area contributed by atoms with Gasteiger partial charge < -0.3 is 4.42 Å². The van der Waals surface area contributed by atoms with Gasteiger partial charge in [-0.1, -0.05) is 19.9 Å². The molecule has 0 N–H and O–H groups in total. The number of alkyl halides is 3. The van der Waals surface area contributed by atoms with Gasteiger partial charge >= 0.3 is 6.18 Å². The zero-order chi connectivity index (χ0) is 15.3. The Labute approximate surface area is 106 Å². The molecule has 1 heterocycles. The zero-order valence-corrected chi connectivity index (χ0v) is 10.2. The summed E-state index contributed by atoms with van der Waals surface area (Å²) in [6, 6.07) is 4.93. The van der Waals surface area contributed by atoms with Crippen LogP contribution in [0, 0.1) is 12.3 Å². The molecule has 0 amide bonds. The molecule has 0 aliphatic carbocycles. The number of oxazole rings is 1. The molecule has 0 saturated heterocycles. The maximum absolute atomic E-state index is 13.0. The van der Waals surface area contributed by atoms with Crippen LogP contribution in [0.4, 0.5) is 13.2 Å². The van der Waals surface area contributed by atoms with Crippen LogP contribution in [0.5, 0.6) is 0 Å². The second kappa shape index (κ2) is 4.00. The minimum Gasteiger partial charge on any atom is -0.441 e. The van der Waals surface area contributed by atoms with E-state index in [2.05, 4.69) is 4.98 Å². The second-order valence-electron chi connectivity index (χ2n) is 4.74. The van der Waals surface area contributed by atoms with Crippen LogP contribution in [0.2, 0.25) is 0 Å². The van der Waals surface area contributed by atoms with Crippen LogP contribution in [-0.4, -0.2) is 11.2 Å². The molecule has 1 aromatic carbocycles. The first kappa shape index (κ1) is 10.4. The first-order valence-corrected chi connectivity index (χ1v) is 5.41. The van der Waals surface area contributed by atoms with Crippen molar-refractivity contribution in [2.75, 3.05) is 0 Å². The Morgan fingerprint density at radius 1 is 1.33 bits per heavy atom. The van der Waals surface area contributed by atoms with E-state index in [0.29, 0.717) is 5.52 Å². The van der Waals surface area contributed by atoms with Crippen molar-refractivity contribution in [3.8, 4) is 0 Å². The van der Waals surface area contributed by atoms with Crippen LogP contribution >= 0.6 is 0 Å². The quantitative estimate of drug-likeness (QED) is 0.805. The van der Waals surface area contributed by atoms with E-state index in [9.17, 15) is 13.2 Å². The minimum atomic E-state index is -4.72. The van der Waals surface area contributed by atoms with Crippen molar-refractivity contribution in [3.63, 3.8) is 0 Å². The molecule has 0 bridgehead atoms. The second-order valence-corrected chi connectivity index (χ2v) is 4.74. The summed E-state index contributed by atoms with van der Waals surface area (Å²) < 4.78 is 59.9. The summed E-state index contributed by atoms with van der Waals surface area (Å²) in [7, 11) is 0. The summed E-state index contributed by atoms with van der Waals surface area (Å²) >= 11 is 0. The summed E-state index contributed by atoms with van der Waals surface area (Å²) in [6.07, 6.45) is -7.48. The number of fused-ring (bicyclic) bond motifs is 1. The van der Waals surface area contributed by atoms with E-state index < -0.39 is 23.9 Å². The van der Waals surface area contributed by atoms with Crippen LogP contribution in [0.15, 0.2) is 22.6 Å². The largest absolute Gasteiger partial charge is 0.441 e. The summed E-state index contributed by atoms with van der Waals surface area (Å²) in [5.74, 6) is -0.555. The molecule has 0 aliphatic heterocycles. The van der Waals surface area contributed by atoms with Crippen LogP contribution in [0.1, 0.15) is 28.0 Å². The fourth-order valence-electron chi connectivity index (χ4n) is 1.43. The molecule has 98 valence electrons. The predicted octanol–water partition coefficient (Wildman–Crippen LogP) is 4.27. The molecule has 0 spiro atoms. The standard InChI is InChI=1S/C13H14F3NO/c1-8-4-5-10-9(6-8)17-11(18-10)7-12(2,3)13(14,15)16/h4-6H,7H2,1-3H3/i7D2. The number of halogens is 3. The molecule has 5 heteroatoms. The molecular weight excluding hydrogens is 243 g/mol. The highest BCUT2D eigenvalue weighted by Gasteiger charge is 2.48. The van der Waals surface area contributed by atoms with E-state index in [1.807, 2.05) is 6.92 Å². The highest BCUT2D eigenvalue weighted by atomic mass is 19.4. The van der Waals surface area contributed by atoms with E-state index in [0.717, 1.165) is 19.4 Å². The molecule has 2 nitrogen and oxygen atoms in total. The molecule has 2 aromatic rings. The molecular formula is C13H14F3NO. The Kier molecular flexibility index (Phi) is 2.31. The molecule has 0 atom stereocenters. The average molecular weight is 259 g/mol. The zero-order valence-electron chi connectivity index (χ0n) is 12.2. The Balaban J connectivity index is 2.57. The Morgan fingerprint density at radius 2 is 2.00 bits per heavy atom. The van der Waals surface area contributed by atoms with Crippen LogP contribution in [-0.2, 0) is 6.37 Å². The van der Waals surface area contributed by atoms with Gasteiger partial charge in [-0.15, -0.1) is 0 Å². The lowest BCUT2D eigenvalue weighted by molar-refractivity contribution is -0.212. The van der Waals surface area contributed by atoms with E-state index in [4.69, 9.17) is 7.16 Å².